The molecule has 1 fully saturated rings. The summed E-state index contributed by atoms with van der Waals surface area (Å²) < 4.78 is 6.65. The van der Waals surface area contributed by atoms with Crippen LogP contribution in [0.3, 0.4) is 0 Å². The molecule has 158 valence electrons. The second-order valence-corrected chi connectivity index (χ2v) is 8.93. The van der Waals surface area contributed by atoms with Crippen molar-refractivity contribution in [2.75, 3.05) is 26.3 Å². The Labute approximate surface area is 186 Å². The lowest BCUT2D eigenvalue weighted by Crippen LogP contribution is -2.35. The van der Waals surface area contributed by atoms with Crippen molar-refractivity contribution in [1.82, 2.24) is 14.3 Å². The monoisotopic (exact) mass is 467 g/mol. The molecule has 0 unspecified atom stereocenters. The van der Waals surface area contributed by atoms with Gasteiger partial charge in [0.15, 0.2) is 16.4 Å². The number of rotatable bonds is 6. The van der Waals surface area contributed by atoms with E-state index in [1.54, 1.807) is 24.4 Å². The van der Waals surface area contributed by atoms with E-state index in [1.807, 2.05) is 0 Å². The molecule has 1 aliphatic heterocycles. The van der Waals surface area contributed by atoms with Crippen LogP contribution in [0.25, 0.3) is 4.96 Å². The van der Waals surface area contributed by atoms with Crippen LogP contribution >= 0.6 is 34.5 Å². The molecule has 3 heterocycles. The van der Waals surface area contributed by atoms with Crippen molar-refractivity contribution in [3.8, 4) is 5.75 Å². The van der Waals surface area contributed by atoms with Gasteiger partial charge < -0.3 is 9.84 Å². The van der Waals surface area contributed by atoms with Crippen molar-refractivity contribution < 1.29 is 14.6 Å². The van der Waals surface area contributed by atoms with Crippen molar-refractivity contribution in [2.45, 2.75) is 19.4 Å². The maximum absolute atomic E-state index is 12.7. The highest BCUT2D eigenvalue weighted by atomic mass is 35.5. The van der Waals surface area contributed by atoms with Gasteiger partial charge >= 0.3 is 5.56 Å². The normalized spacial score (nSPS) is 15.0. The summed E-state index contributed by atoms with van der Waals surface area (Å²) in [6.07, 6.45) is 2.15. The molecule has 1 N–H and O–H groups in total. The summed E-state index contributed by atoms with van der Waals surface area (Å²) in [7, 11) is 0. The van der Waals surface area contributed by atoms with Gasteiger partial charge in [-0.05, 0) is 24.1 Å². The van der Waals surface area contributed by atoms with E-state index in [4.69, 9.17) is 27.9 Å². The highest BCUT2D eigenvalue weighted by Crippen LogP contribution is 2.24. The van der Waals surface area contributed by atoms with E-state index in [2.05, 4.69) is 9.88 Å². The number of hydrogen-bond acceptors (Lipinski definition) is 7. The molecule has 0 atom stereocenters. The summed E-state index contributed by atoms with van der Waals surface area (Å²) in [6, 6.07) is 5.14. The van der Waals surface area contributed by atoms with Crippen LogP contribution in [0.15, 0.2) is 29.2 Å². The molecule has 1 saturated heterocycles. The zero-order chi connectivity index (χ0) is 21.3. The number of thiazole rings is 1. The van der Waals surface area contributed by atoms with Crippen LogP contribution in [0.2, 0.25) is 10.0 Å². The van der Waals surface area contributed by atoms with Gasteiger partial charge in [0.1, 0.15) is 0 Å². The van der Waals surface area contributed by atoms with Crippen LogP contribution in [0.5, 0.6) is 5.75 Å². The Balaban J connectivity index is 1.54. The maximum Gasteiger partial charge on any atom is 0.301 e. The number of fused-ring (bicyclic) bond motifs is 1. The van der Waals surface area contributed by atoms with Crippen molar-refractivity contribution in [2.24, 2.45) is 0 Å². The van der Waals surface area contributed by atoms with Gasteiger partial charge in [-0.1, -0.05) is 40.6 Å². The van der Waals surface area contributed by atoms with Crippen LogP contribution in [0.4, 0.5) is 0 Å². The number of aromatic hydroxyl groups is 1. The first-order valence-corrected chi connectivity index (χ1v) is 11.0. The minimum Gasteiger partial charge on any atom is -0.501 e. The first-order chi connectivity index (χ1) is 14.4. The van der Waals surface area contributed by atoms with E-state index in [0.29, 0.717) is 41.2 Å². The van der Waals surface area contributed by atoms with E-state index in [-0.39, 0.29) is 12.1 Å². The Morgan fingerprint density at radius 1 is 1.23 bits per heavy atom. The van der Waals surface area contributed by atoms with Crippen molar-refractivity contribution >= 4 is 45.3 Å². The van der Waals surface area contributed by atoms with Crippen molar-refractivity contribution in [3.63, 3.8) is 0 Å². The molecule has 0 spiro atoms. The highest BCUT2D eigenvalue weighted by molar-refractivity contribution is 7.17. The molecule has 4 rings (SSSR count). The number of benzene rings is 1. The molecule has 0 aliphatic carbocycles. The fourth-order valence-electron chi connectivity index (χ4n) is 3.30. The predicted molar refractivity (Wildman–Crippen MR) is 116 cm³/mol. The lowest BCUT2D eigenvalue weighted by atomic mass is 10.1. The lowest BCUT2D eigenvalue weighted by Gasteiger charge is -2.25. The minimum absolute atomic E-state index is 0.0835. The third-order valence-corrected chi connectivity index (χ3v) is 6.63. The molecule has 0 radical (unpaired) electrons. The minimum atomic E-state index is -0.637. The Hall–Kier alpha value is -1.97. The van der Waals surface area contributed by atoms with Gasteiger partial charge in [-0.3, -0.25) is 18.9 Å². The zero-order valence-electron chi connectivity index (χ0n) is 15.9. The molecule has 0 amide bonds. The third kappa shape index (κ3) is 4.53. The Bertz CT molecular complexity index is 1150. The number of ether oxygens (including phenoxy) is 1. The number of morpholine rings is 1. The van der Waals surface area contributed by atoms with Gasteiger partial charge in [-0.25, -0.2) is 4.98 Å². The molecule has 7 nitrogen and oxygen atoms in total. The van der Waals surface area contributed by atoms with Crippen LogP contribution < -0.4 is 5.56 Å². The summed E-state index contributed by atoms with van der Waals surface area (Å²) >= 11 is 13.3. The Morgan fingerprint density at radius 2 is 2.00 bits per heavy atom. The molecule has 10 heteroatoms. The van der Waals surface area contributed by atoms with Crippen LogP contribution in [-0.2, 0) is 17.7 Å². The quantitative estimate of drug-likeness (QED) is 0.559. The zero-order valence-corrected chi connectivity index (χ0v) is 18.3. The molecule has 2 aromatic heterocycles. The largest absolute Gasteiger partial charge is 0.501 e. The topological polar surface area (TPSA) is 84.1 Å². The average molecular weight is 468 g/mol. The number of carbonyl (C=O) groups is 1. The summed E-state index contributed by atoms with van der Waals surface area (Å²) in [5, 5.41) is 11.1. The summed E-state index contributed by atoms with van der Waals surface area (Å²) in [6.45, 7) is 3.67. The maximum atomic E-state index is 12.7. The van der Waals surface area contributed by atoms with E-state index < -0.39 is 17.1 Å². The number of hydrogen-bond donors (Lipinski definition) is 1. The van der Waals surface area contributed by atoms with Crippen molar-refractivity contribution in [3.05, 3.63) is 60.9 Å². The third-order valence-electron chi connectivity index (χ3n) is 4.93. The molecule has 30 heavy (non-hydrogen) atoms. The van der Waals surface area contributed by atoms with E-state index >= 15 is 0 Å². The van der Waals surface area contributed by atoms with Gasteiger partial charge in [-0.2, -0.15) is 0 Å². The number of carbonyl (C=O) groups excluding carboxylic acids is 1. The molecule has 0 saturated carbocycles. The fraction of sp³-hybridized carbons (Fsp3) is 0.350. The molecule has 1 aliphatic rings. The smallest absolute Gasteiger partial charge is 0.301 e. The van der Waals surface area contributed by atoms with Crippen LogP contribution in [0, 0.1) is 0 Å². The van der Waals surface area contributed by atoms with Crippen molar-refractivity contribution in [1.29, 1.82) is 0 Å². The molecular formula is C20H19Cl2N3O4S. The fourth-order valence-corrected chi connectivity index (χ4v) is 4.63. The molecular weight excluding hydrogens is 449 g/mol. The lowest BCUT2D eigenvalue weighted by molar-refractivity contribution is 0.0346. The second-order valence-electron chi connectivity index (χ2n) is 7.02. The summed E-state index contributed by atoms with van der Waals surface area (Å²) in [5.74, 6) is -1.02. The summed E-state index contributed by atoms with van der Waals surface area (Å²) in [5.41, 5.74) is 0.00107. The number of nitrogens with zero attached hydrogens (tertiary/aromatic N) is 3. The number of aromatic nitrogens is 2. The standard InChI is InChI=1S/C20H19Cl2N3O4S/c21-14-3-1-12(9-15(14)22)2-4-16(26)17-18(27)19(28)25-11-13(30-20(25)23-17)10-24-5-7-29-8-6-24/h1,3,9,11,27H,2,4-8,10H2. The molecule has 0 bridgehead atoms. The SMILES string of the molecule is O=C(CCc1ccc(Cl)c(Cl)c1)c1nc2sc(CN3CCOCC3)cn2c(=O)c1O. The second kappa shape index (κ2) is 9.03. The Kier molecular flexibility index (Phi) is 6.40. The number of aryl methyl sites for hydroxylation is 1. The summed E-state index contributed by atoms with van der Waals surface area (Å²) in [4.78, 5) is 33.1. The molecule has 1 aromatic carbocycles. The highest BCUT2D eigenvalue weighted by Gasteiger charge is 2.21. The van der Waals surface area contributed by atoms with Gasteiger partial charge in [0.25, 0.3) is 0 Å². The van der Waals surface area contributed by atoms with Gasteiger partial charge in [0, 0.05) is 37.1 Å². The van der Waals surface area contributed by atoms with Gasteiger partial charge in [0.2, 0.25) is 5.75 Å². The molecule has 3 aromatic rings. The van der Waals surface area contributed by atoms with Gasteiger partial charge in [0.05, 0.1) is 23.3 Å². The van der Waals surface area contributed by atoms with E-state index in [9.17, 15) is 14.7 Å². The van der Waals surface area contributed by atoms with Gasteiger partial charge in [-0.15, -0.1) is 0 Å². The van der Waals surface area contributed by atoms with E-state index in [0.717, 1.165) is 23.5 Å². The first kappa shape index (κ1) is 21.3. The van der Waals surface area contributed by atoms with Crippen LogP contribution in [0.1, 0.15) is 27.3 Å². The number of ketones is 1. The van der Waals surface area contributed by atoms with E-state index in [1.165, 1.54) is 15.7 Å². The first-order valence-electron chi connectivity index (χ1n) is 9.43. The number of Topliss-reactive ketones (excluding diaryl/α,β-unsaturated/α-hetero) is 1. The van der Waals surface area contributed by atoms with Crippen LogP contribution in [-0.4, -0.2) is 51.5 Å². The average Bonchev–Trinajstić information content (AvgIpc) is 3.14. The predicted octanol–water partition coefficient (Wildman–Crippen LogP) is 3.42. The Morgan fingerprint density at radius 3 is 2.73 bits per heavy atom. The number of halogens is 2.